The monoisotopic (exact) mass is 413 g/mol. The maximum absolute atomic E-state index is 12.0. The molecular formula is C23H31N3O4. The zero-order valence-electron chi connectivity index (χ0n) is 18.3. The molecule has 0 radical (unpaired) electrons. The zero-order chi connectivity index (χ0) is 22.3. The fourth-order valence-electron chi connectivity index (χ4n) is 3.11. The van der Waals surface area contributed by atoms with Gasteiger partial charge in [-0.25, -0.2) is 0 Å². The minimum absolute atomic E-state index is 0.0951. The van der Waals surface area contributed by atoms with E-state index in [1.807, 2.05) is 0 Å². The van der Waals surface area contributed by atoms with Gasteiger partial charge < -0.3 is 20.4 Å². The summed E-state index contributed by atoms with van der Waals surface area (Å²) in [6, 6.07) is 7.50. The van der Waals surface area contributed by atoms with Crippen LogP contribution in [0.2, 0.25) is 0 Å². The largest absolute Gasteiger partial charge is 0.459 e. The van der Waals surface area contributed by atoms with Crippen molar-refractivity contribution in [2.24, 2.45) is 0 Å². The van der Waals surface area contributed by atoms with Gasteiger partial charge in [-0.2, -0.15) is 0 Å². The van der Waals surface area contributed by atoms with E-state index in [1.54, 1.807) is 6.07 Å². The van der Waals surface area contributed by atoms with Crippen LogP contribution in [0.25, 0.3) is 0 Å². The van der Waals surface area contributed by atoms with E-state index in [9.17, 15) is 14.4 Å². The molecule has 0 saturated heterocycles. The maximum Gasteiger partial charge on any atom is 0.287 e. The predicted molar refractivity (Wildman–Crippen MR) is 115 cm³/mol. The normalized spacial score (nSPS) is 11.1. The Morgan fingerprint density at radius 3 is 2.10 bits per heavy atom. The zero-order valence-corrected chi connectivity index (χ0v) is 18.3. The molecule has 162 valence electrons. The van der Waals surface area contributed by atoms with Crippen molar-refractivity contribution in [3.63, 3.8) is 0 Å². The van der Waals surface area contributed by atoms with E-state index < -0.39 is 11.8 Å². The van der Waals surface area contributed by atoms with Crippen molar-refractivity contribution in [2.75, 3.05) is 19.6 Å². The number of rotatable bonds is 8. The van der Waals surface area contributed by atoms with Gasteiger partial charge in [-0.1, -0.05) is 32.9 Å². The second kappa shape index (κ2) is 10.1. The van der Waals surface area contributed by atoms with Gasteiger partial charge in [-0.05, 0) is 60.1 Å². The van der Waals surface area contributed by atoms with Crippen molar-refractivity contribution in [1.29, 1.82) is 0 Å². The molecule has 0 aliphatic heterocycles. The first-order valence-corrected chi connectivity index (χ1v) is 10.0. The number of hydrogen-bond acceptors (Lipinski definition) is 4. The minimum atomic E-state index is -0.483. The summed E-state index contributed by atoms with van der Waals surface area (Å²) >= 11 is 0. The van der Waals surface area contributed by atoms with E-state index in [0.717, 1.165) is 6.42 Å². The van der Waals surface area contributed by atoms with Crippen molar-refractivity contribution in [3.8, 4) is 0 Å². The summed E-state index contributed by atoms with van der Waals surface area (Å²) in [7, 11) is 0. The average Bonchev–Trinajstić information content (AvgIpc) is 3.20. The van der Waals surface area contributed by atoms with Crippen molar-refractivity contribution in [3.05, 3.63) is 58.5 Å². The predicted octanol–water partition coefficient (Wildman–Crippen LogP) is 2.40. The second-order valence-corrected chi connectivity index (χ2v) is 8.38. The standard InChI is InChI=1S/C23H31N3O4/c1-15-11-17(23(3,4)5)12-16(2)18(15)8-9-24-20(27)13-25-21(28)14-26-22(29)19-7-6-10-30-19/h6-7,10-12H,8-9,13-14H2,1-5H3,(H,24,27)(H,25,28)(H,26,29). The third kappa shape index (κ3) is 6.76. The van der Waals surface area contributed by atoms with Crippen LogP contribution in [0.3, 0.4) is 0 Å². The van der Waals surface area contributed by atoms with Crippen LogP contribution >= 0.6 is 0 Å². The van der Waals surface area contributed by atoms with Gasteiger partial charge in [-0.3, -0.25) is 14.4 Å². The number of hydrogen-bond donors (Lipinski definition) is 3. The lowest BCUT2D eigenvalue weighted by Gasteiger charge is -2.22. The van der Waals surface area contributed by atoms with Crippen LogP contribution in [0, 0.1) is 13.8 Å². The van der Waals surface area contributed by atoms with Crippen molar-refractivity contribution in [2.45, 2.75) is 46.5 Å². The summed E-state index contributed by atoms with van der Waals surface area (Å²) in [6.07, 6.45) is 2.10. The van der Waals surface area contributed by atoms with Gasteiger partial charge in [-0.15, -0.1) is 0 Å². The molecule has 1 heterocycles. The molecule has 1 aromatic heterocycles. The fourth-order valence-corrected chi connectivity index (χ4v) is 3.11. The fraction of sp³-hybridized carbons (Fsp3) is 0.435. The van der Waals surface area contributed by atoms with Crippen molar-refractivity contribution in [1.82, 2.24) is 16.0 Å². The Kier molecular flexibility index (Phi) is 7.80. The van der Waals surface area contributed by atoms with E-state index in [4.69, 9.17) is 4.42 Å². The van der Waals surface area contributed by atoms with E-state index in [1.165, 1.54) is 34.6 Å². The third-order valence-electron chi connectivity index (χ3n) is 4.86. The molecule has 2 rings (SSSR count). The maximum atomic E-state index is 12.0. The molecule has 0 unspecified atom stereocenters. The number of furan rings is 1. The molecule has 1 aromatic carbocycles. The van der Waals surface area contributed by atoms with Crippen LogP contribution in [0.5, 0.6) is 0 Å². The van der Waals surface area contributed by atoms with Crippen LogP contribution in [0.1, 0.15) is 53.6 Å². The Bertz CT molecular complexity index is 873. The van der Waals surface area contributed by atoms with Gasteiger partial charge in [0.2, 0.25) is 11.8 Å². The highest BCUT2D eigenvalue weighted by Crippen LogP contribution is 2.27. The van der Waals surface area contributed by atoms with Crippen LogP contribution in [-0.4, -0.2) is 37.4 Å². The topological polar surface area (TPSA) is 100 Å². The number of nitrogens with one attached hydrogen (secondary N) is 3. The molecule has 3 N–H and O–H groups in total. The lowest BCUT2D eigenvalue weighted by molar-refractivity contribution is -0.125. The molecule has 2 aromatic rings. The van der Waals surface area contributed by atoms with Gasteiger partial charge in [0.05, 0.1) is 19.4 Å². The van der Waals surface area contributed by atoms with Crippen LogP contribution in [-0.2, 0) is 21.4 Å². The highest BCUT2D eigenvalue weighted by atomic mass is 16.3. The molecule has 0 saturated carbocycles. The quantitative estimate of drug-likeness (QED) is 0.619. The van der Waals surface area contributed by atoms with Crippen molar-refractivity contribution >= 4 is 17.7 Å². The summed E-state index contributed by atoms with van der Waals surface area (Å²) < 4.78 is 4.94. The number of aryl methyl sites for hydroxylation is 2. The number of benzene rings is 1. The molecule has 0 bridgehead atoms. The molecule has 0 spiro atoms. The van der Waals surface area contributed by atoms with Gasteiger partial charge in [0.25, 0.3) is 5.91 Å². The molecule has 0 aliphatic carbocycles. The highest BCUT2D eigenvalue weighted by Gasteiger charge is 2.16. The van der Waals surface area contributed by atoms with E-state index in [-0.39, 0.29) is 30.2 Å². The molecule has 0 atom stereocenters. The first kappa shape index (κ1) is 23.2. The molecule has 3 amide bonds. The Morgan fingerprint density at radius 2 is 1.53 bits per heavy atom. The van der Waals surface area contributed by atoms with E-state index >= 15 is 0 Å². The van der Waals surface area contributed by atoms with Crippen molar-refractivity contribution < 1.29 is 18.8 Å². The molecular weight excluding hydrogens is 382 g/mol. The van der Waals surface area contributed by atoms with E-state index in [0.29, 0.717) is 6.54 Å². The van der Waals surface area contributed by atoms with Crippen LogP contribution < -0.4 is 16.0 Å². The smallest absolute Gasteiger partial charge is 0.287 e. The van der Waals surface area contributed by atoms with Gasteiger partial charge in [0.1, 0.15) is 0 Å². The van der Waals surface area contributed by atoms with Crippen LogP contribution in [0.4, 0.5) is 0 Å². The third-order valence-corrected chi connectivity index (χ3v) is 4.86. The number of amides is 3. The second-order valence-electron chi connectivity index (χ2n) is 8.38. The molecule has 7 heteroatoms. The number of carbonyl (C=O) groups is 3. The molecule has 0 fully saturated rings. The van der Waals surface area contributed by atoms with Gasteiger partial charge in [0.15, 0.2) is 5.76 Å². The van der Waals surface area contributed by atoms with E-state index in [2.05, 4.69) is 62.7 Å². The lowest BCUT2D eigenvalue weighted by atomic mass is 9.83. The Morgan fingerprint density at radius 1 is 0.933 bits per heavy atom. The lowest BCUT2D eigenvalue weighted by Crippen LogP contribution is -2.42. The molecule has 7 nitrogen and oxygen atoms in total. The Labute approximate surface area is 177 Å². The SMILES string of the molecule is Cc1cc(C(C)(C)C)cc(C)c1CCNC(=O)CNC(=O)CNC(=O)c1ccco1. The average molecular weight is 414 g/mol. The van der Waals surface area contributed by atoms with Gasteiger partial charge in [0, 0.05) is 6.54 Å². The summed E-state index contributed by atoms with van der Waals surface area (Å²) in [5.41, 5.74) is 5.06. The first-order valence-electron chi connectivity index (χ1n) is 10.0. The first-order chi connectivity index (χ1) is 14.1. The minimum Gasteiger partial charge on any atom is -0.459 e. The van der Waals surface area contributed by atoms with Crippen LogP contribution in [0.15, 0.2) is 34.9 Å². The highest BCUT2D eigenvalue weighted by molar-refractivity contribution is 5.94. The summed E-state index contributed by atoms with van der Waals surface area (Å²) in [5, 5.41) is 7.72. The number of carbonyl (C=O) groups excluding carboxylic acids is 3. The summed E-state index contributed by atoms with van der Waals surface area (Å²) in [6.45, 7) is 10.9. The Balaban J connectivity index is 1.72. The molecule has 30 heavy (non-hydrogen) atoms. The summed E-state index contributed by atoms with van der Waals surface area (Å²) in [4.78, 5) is 35.5. The molecule has 0 aliphatic rings. The summed E-state index contributed by atoms with van der Waals surface area (Å²) in [5.74, 6) is -1.08. The Hall–Kier alpha value is -3.09. The van der Waals surface area contributed by atoms with Gasteiger partial charge >= 0.3 is 0 Å².